The van der Waals surface area contributed by atoms with Gasteiger partial charge in [-0.05, 0) is 64.2 Å². The Morgan fingerprint density at radius 3 is 2.66 bits per heavy atom. The van der Waals surface area contributed by atoms with Gasteiger partial charge in [-0.25, -0.2) is 4.79 Å². The molecule has 5 nitrogen and oxygen atoms in total. The van der Waals surface area contributed by atoms with Crippen molar-refractivity contribution in [2.45, 2.75) is 40.0 Å². The molecule has 0 bridgehead atoms. The number of halogens is 1. The van der Waals surface area contributed by atoms with Crippen LogP contribution in [0, 0.1) is 11.3 Å². The predicted octanol–water partition coefficient (Wildman–Crippen LogP) is 5.47. The van der Waals surface area contributed by atoms with Gasteiger partial charge in [0.2, 0.25) is 0 Å². The number of esters is 1. The maximum absolute atomic E-state index is 12.5. The lowest BCUT2D eigenvalue weighted by atomic mass is 9.72. The van der Waals surface area contributed by atoms with E-state index in [4.69, 9.17) is 9.47 Å². The van der Waals surface area contributed by atoms with Gasteiger partial charge in [0.25, 0.3) is 5.91 Å². The molecule has 156 valence electrons. The predicted molar refractivity (Wildman–Crippen MR) is 119 cm³/mol. The number of nitrogens with one attached hydrogen (secondary N) is 1. The minimum atomic E-state index is -0.404. The molecule has 1 unspecified atom stereocenters. The highest BCUT2D eigenvalue weighted by Crippen LogP contribution is 2.44. The van der Waals surface area contributed by atoms with Crippen LogP contribution >= 0.6 is 27.3 Å². The number of thiophene rings is 1. The second-order valence-electron chi connectivity index (χ2n) is 8.27. The smallest absolute Gasteiger partial charge is 0.341 e. The number of para-hydroxylation sites is 1. The number of hydrogen-bond acceptors (Lipinski definition) is 5. The largest absolute Gasteiger partial charge is 0.483 e. The van der Waals surface area contributed by atoms with Crippen LogP contribution in [-0.2, 0) is 22.4 Å². The van der Waals surface area contributed by atoms with Crippen molar-refractivity contribution >= 4 is 44.1 Å². The van der Waals surface area contributed by atoms with Gasteiger partial charge >= 0.3 is 5.97 Å². The Morgan fingerprint density at radius 1 is 1.28 bits per heavy atom. The number of carbonyl (C=O) groups excluding carboxylic acids is 2. The summed E-state index contributed by atoms with van der Waals surface area (Å²) in [5.41, 5.74) is 1.71. The van der Waals surface area contributed by atoms with Crippen LogP contribution in [0.3, 0.4) is 0 Å². The van der Waals surface area contributed by atoms with Crippen LogP contribution < -0.4 is 10.1 Å². The number of amides is 1. The molecule has 0 radical (unpaired) electrons. The SMILES string of the molecule is COC(=O)c1c(NC(=O)COc2ccccc2Br)sc2c1CCC(C(C)(C)C)C2. The molecule has 1 aliphatic carbocycles. The highest BCUT2D eigenvalue weighted by Gasteiger charge is 2.34. The van der Waals surface area contributed by atoms with Gasteiger partial charge < -0.3 is 14.8 Å². The molecule has 3 rings (SSSR count). The maximum Gasteiger partial charge on any atom is 0.341 e. The third-order valence-corrected chi connectivity index (χ3v) is 7.15. The first-order valence-corrected chi connectivity index (χ1v) is 11.2. The van der Waals surface area contributed by atoms with Crippen molar-refractivity contribution in [1.82, 2.24) is 0 Å². The zero-order valence-electron chi connectivity index (χ0n) is 17.1. The highest BCUT2D eigenvalue weighted by atomic mass is 79.9. The first kappa shape index (κ1) is 21.8. The average molecular weight is 480 g/mol. The summed E-state index contributed by atoms with van der Waals surface area (Å²) < 4.78 is 11.4. The van der Waals surface area contributed by atoms with Crippen molar-refractivity contribution < 1.29 is 19.1 Å². The molecule has 1 aromatic carbocycles. The zero-order chi connectivity index (χ0) is 21.2. The van der Waals surface area contributed by atoms with Crippen molar-refractivity contribution in [2.75, 3.05) is 19.0 Å². The minimum absolute atomic E-state index is 0.142. The molecule has 1 heterocycles. The van der Waals surface area contributed by atoms with Crippen molar-refractivity contribution in [3.63, 3.8) is 0 Å². The van der Waals surface area contributed by atoms with Gasteiger partial charge in [0, 0.05) is 4.88 Å². The van der Waals surface area contributed by atoms with Crippen LogP contribution in [0.4, 0.5) is 5.00 Å². The zero-order valence-corrected chi connectivity index (χ0v) is 19.5. The Bertz CT molecular complexity index is 916. The number of carbonyl (C=O) groups is 2. The Hall–Kier alpha value is -1.86. The third-order valence-electron chi connectivity index (χ3n) is 5.33. The van der Waals surface area contributed by atoms with Crippen molar-refractivity contribution in [2.24, 2.45) is 11.3 Å². The van der Waals surface area contributed by atoms with E-state index in [1.54, 1.807) is 6.07 Å². The van der Waals surface area contributed by atoms with Gasteiger partial charge in [0.1, 0.15) is 10.8 Å². The monoisotopic (exact) mass is 479 g/mol. The third kappa shape index (κ3) is 5.01. The van der Waals surface area contributed by atoms with Crippen LogP contribution in [0.1, 0.15) is 48.0 Å². The van der Waals surface area contributed by atoms with Crippen molar-refractivity contribution in [3.8, 4) is 5.75 Å². The Morgan fingerprint density at radius 2 is 2.00 bits per heavy atom. The standard InChI is InChI=1S/C22H26BrNO4S/c1-22(2,3)13-9-10-14-17(11-13)29-20(19(14)21(26)27-4)24-18(25)12-28-16-8-6-5-7-15(16)23/h5-8,13H,9-12H2,1-4H3,(H,24,25). The summed E-state index contributed by atoms with van der Waals surface area (Å²) >= 11 is 4.88. The molecule has 0 saturated heterocycles. The van der Waals surface area contributed by atoms with Crippen molar-refractivity contribution in [1.29, 1.82) is 0 Å². The summed E-state index contributed by atoms with van der Waals surface area (Å²) in [6.07, 6.45) is 2.76. The van der Waals surface area contributed by atoms with Crippen LogP contribution in [0.15, 0.2) is 28.7 Å². The first-order valence-electron chi connectivity index (χ1n) is 9.60. The average Bonchev–Trinajstić information content (AvgIpc) is 3.03. The van der Waals surface area contributed by atoms with Crippen molar-refractivity contribution in [3.05, 3.63) is 44.7 Å². The number of rotatable bonds is 5. The van der Waals surface area contributed by atoms with Crippen LogP contribution in [-0.4, -0.2) is 25.6 Å². The fourth-order valence-corrected chi connectivity index (χ4v) is 5.33. The lowest BCUT2D eigenvalue weighted by Gasteiger charge is -2.33. The van der Waals surface area contributed by atoms with E-state index in [2.05, 4.69) is 42.0 Å². The van der Waals surface area contributed by atoms with Gasteiger partial charge in [-0.1, -0.05) is 32.9 Å². The van der Waals surface area contributed by atoms with E-state index in [1.807, 2.05) is 18.2 Å². The summed E-state index contributed by atoms with van der Waals surface area (Å²) in [5, 5.41) is 3.42. The Labute approximate surface area is 183 Å². The molecule has 1 atom stereocenters. The number of anilines is 1. The quantitative estimate of drug-likeness (QED) is 0.577. The van der Waals surface area contributed by atoms with E-state index in [0.29, 0.717) is 22.2 Å². The molecule has 7 heteroatoms. The molecule has 1 amide bonds. The van der Waals surface area contributed by atoms with Gasteiger partial charge in [-0.15, -0.1) is 11.3 Å². The number of methoxy groups -OCH3 is 1. The van der Waals surface area contributed by atoms with E-state index >= 15 is 0 Å². The van der Waals surface area contributed by atoms with E-state index in [-0.39, 0.29) is 17.9 Å². The van der Waals surface area contributed by atoms with Gasteiger partial charge in [-0.3, -0.25) is 4.79 Å². The van der Waals surface area contributed by atoms with Crippen LogP contribution in [0.25, 0.3) is 0 Å². The Kier molecular flexibility index (Phi) is 6.69. The maximum atomic E-state index is 12.5. The molecule has 2 aromatic rings. The highest BCUT2D eigenvalue weighted by molar-refractivity contribution is 9.10. The second kappa shape index (κ2) is 8.88. The number of benzene rings is 1. The lowest BCUT2D eigenvalue weighted by molar-refractivity contribution is -0.118. The normalized spacial score (nSPS) is 16.1. The topological polar surface area (TPSA) is 64.6 Å². The summed E-state index contributed by atoms with van der Waals surface area (Å²) in [5.74, 6) is 0.423. The lowest BCUT2D eigenvalue weighted by Crippen LogP contribution is -2.26. The second-order valence-corrected chi connectivity index (χ2v) is 10.2. The molecule has 0 spiro atoms. The summed E-state index contributed by atoms with van der Waals surface area (Å²) in [6.45, 7) is 6.61. The minimum Gasteiger partial charge on any atom is -0.483 e. The van der Waals surface area contributed by atoms with E-state index in [1.165, 1.54) is 23.3 Å². The number of ether oxygens (including phenoxy) is 2. The van der Waals surface area contributed by atoms with Crippen LogP contribution in [0.5, 0.6) is 5.75 Å². The molecule has 0 saturated carbocycles. The summed E-state index contributed by atoms with van der Waals surface area (Å²) in [7, 11) is 1.37. The molecule has 1 N–H and O–H groups in total. The fourth-order valence-electron chi connectivity index (χ4n) is 3.60. The van der Waals surface area contributed by atoms with Gasteiger partial charge in [-0.2, -0.15) is 0 Å². The van der Waals surface area contributed by atoms with E-state index in [0.717, 1.165) is 29.3 Å². The molecule has 1 aliphatic rings. The van der Waals surface area contributed by atoms with Gasteiger partial charge in [0.15, 0.2) is 6.61 Å². The molecule has 1 aromatic heterocycles. The summed E-state index contributed by atoms with van der Waals surface area (Å²) in [6, 6.07) is 7.35. The summed E-state index contributed by atoms with van der Waals surface area (Å²) in [4.78, 5) is 26.1. The fraction of sp³-hybridized carbons (Fsp3) is 0.455. The Balaban J connectivity index is 1.78. The van der Waals surface area contributed by atoms with Gasteiger partial charge in [0.05, 0.1) is 17.1 Å². The molecule has 0 aliphatic heterocycles. The van der Waals surface area contributed by atoms with E-state index in [9.17, 15) is 9.59 Å². The molecular weight excluding hydrogens is 454 g/mol. The number of hydrogen-bond donors (Lipinski definition) is 1. The number of fused-ring (bicyclic) bond motifs is 1. The van der Waals surface area contributed by atoms with E-state index < -0.39 is 5.97 Å². The van der Waals surface area contributed by atoms with Crippen LogP contribution in [0.2, 0.25) is 0 Å². The molecule has 0 fully saturated rings. The first-order chi connectivity index (χ1) is 13.7. The molecular formula is C22H26BrNO4S. The molecule has 29 heavy (non-hydrogen) atoms.